The van der Waals surface area contributed by atoms with Crippen molar-refractivity contribution in [2.75, 3.05) is 0 Å². The number of allylic oxidation sites excluding steroid dienone is 2. The van der Waals surface area contributed by atoms with Crippen LogP contribution < -0.4 is 0 Å². The zero-order valence-electron chi connectivity index (χ0n) is 35.1. The molecule has 1 radical (unpaired) electrons. The third kappa shape index (κ3) is 9.03. The summed E-state index contributed by atoms with van der Waals surface area (Å²) in [6.07, 6.45) is 3.16. The molecule has 0 aliphatic carbocycles. The Balaban J connectivity index is 0.000000359. The van der Waals surface area contributed by atoms with Crippen molar-refractivity contribution < 1.29 is 37.2 Å². The SMILES string of the molecule is CCC(C)(CC)C(=O)/C=C(\O)C(C)(CC)CC.[2H]C([2H])(c1cc2c(-c3[c-]c4ccccc4c(C(C)(C)C)c3)nc3cc(C)cc(C)c3c2o1)C(C)C.[Ir]. The number of nitrogens with zero attached hydrogens (tertiary/aromatic N) is 1. The van der Waals surface area contributed by atoms with Gasteiger partial charge in [-0.15, -0.1) is 29.1 Å². The molecule has 0 unspecified atom stereocenters. The minimum absolute atomic E-state index is 0. The Morgan fingerprint density at radius 3 is 2.10 bits per heavy atom. The number of furan rings is 1. The number of hydrogen-bond donors (Lipinski definition) is 1. The van der Waals surface area contributed by atoms with Crippen molar-refractivity contribution >= 4 is 38.4 Å². The number of pyridine rings is 1. The summed E-state index contributed by atoms with van der Waals surface area (Å²) in [5.74, 6) is 0.400. The van der Waals surface area contributed by atoms with E-state index in [0.29, 0.717) is 11.3 Å². The first kappa shape index (κ1) is 38.9. The molecule has 3 aromatic carbocycles. The maximum absolute atomic E-state index is 12.2. The van der Waals surface area contributed by atoms with Crippen molar-refractivity contribution in [2.24, 2.45) is 16.7 Å². The van der Waals surface area contributed by atoms with Gasteiger partial charge in [-0.1, -0.05) is 111 Å². The van der Waals surface area contributed by atoms with Crippen LogP contribution in [0.25, 0.3) is 43.9 Å². The second kappa shape index (κ2) is 16.6. The Morgan fingerprint density at radius 1 is 0.922 bits per heavy atom. The second-order valence-corrected chi connectivity index (χ2v) is 15.9. The summed E-state index contributed by atoms with van der Waals surface area (Å²) in [5.41, 5.74) is 6.01. The Bertz CT molecular complexity index is 2110. The smallest absolute Gasteiger partial charge is 0.164 e. The first-order valence-electron chi connectivity index (χ1n) is 19.4. The predicted octanol–water partition coefficient (Wildman–Crippen LogP) is 13.4. The van der Waals surface area contributed by atoms with Crippen LogP contribution in [0.4, 0.5) is 0 Å². The third-order valence-corrected chi connectivity index (χ3v) is 10.8. The molecule has 51 heavy (non-hydrogen) atoms. The van der Waals surface area contributed by atoms with Crippen LogP contribution in [0.2, 0.25) is 0 Å². The fourth-order valence-electron chi connectivity index (χ4n) is 6.48. The third-order valence-electron chi connectivity index (χ3n) is 10.8. The molecule has 4 nitrogen and oxygen atoms in total. The first-order valence-corrected chi connectivity index (χ1v) is 18.4. The molecule has 0 spiro atoms. The van der Waals surface area contributed by atoms with Gasteiger partial charge in [-0.25, -0.2) is 0 Å². The van der Waals surface area contributed by atoms with E-state index in [9.17, 15) is 9.90 Å². The van der Waals surface area contributed by atoms with E-state index in [2.05, 4.69) is 77.1 Å². The molecule has 0 saturated carbocycles. The van der Waals surface area contributed by atoms with Gasteiger partial charge in [-0.2, -0.15) is 0 Å². The normalized spacial score (nSPS) is 13.6. The van der Waals surface area contributed by atoms with Gasteiger partial charge in [-0.05, 0) is 74.1 Å². The van der Waals surface area contributed by atoms with E-state index in [0.717, 1.165) is 69.7 Å². The summed E-state index contributed by atoms with van der Waals surface area (Å²) in [6, 6.07) is 20.2. The number of aliphatic hydroxyl groups excluding tert-OH is 1. The van der Waals surface area contributed by atoms with Crippen molar-refractivity contribution in [3.63, 3.8) is 0 Å². The molecule has 0 aliphatic rings. The summed E-state index contributed by atoms with van der Waals surface area (Å²) in [7, 11) is 0. The molecule has 1 N–H and O–H groups in total. The summed E-state index contributed by atoms with van der Waals surface area (Å²) in [5, 5.41) is 14.1. The second-order valence-electron chi connectivity index (χ2n) is 15.9. The number of ketones is 1. The molecule has 0 fully saturated rings. The fourth-order valence-corrected chi connectivity index (χ4v) is 6.48. The van der Waals surface area contributed by atoms with Crippen molar-refractivity contribution in [1.82, 2.24) is 4.98 Å². The zero-order valence-corrected chi connectivity index (χ0v) is 35.5. The van der Waals surface area contributed by atoms with Crippen molar-refractivity contribution in [2.45, 2.75) is 127 Å². The van der Waals surface area contributed by atoms with Gasteiger partial charge in [0.1, 0.15) is 17.1 Å². The van der Waals surface area contributed by atoms with Crippen LogP contribution in [-0.2, 0) is 36.7 Å². The van der Waals surface area contributed by atoms with E-state index in [1.165, 1.54) is 17.0 Å². The number of rotatable bonds is 10. The molecule has 2 aromatic heterocycles. The van der Waals surface area contributed by atoms with Gasteiger partial charge in [-0.3, -0.25) is 9.78 Å². The molecule has 0 amide bonds. The molecule has 0 aliphatic heterocycles. The summed E-state index contributed by atoms with van der Waals surface area (Å²) < 4.78 is 23.7. The van der Waals surface area contributed by atoms with Crippen molar-refractivity contribution in [1.29, 1.82) is 0 Å². The van der Waals surface area contributed by atoms with Crippen LogP contribution in [0.5, 0.6) is 0 Å². The number of fused-ring (bicyclic) bond motifs is 4. The standard InChI is InChI=1S/C31H32NO.C15H28O2.Ir/c1-18(2)12-23-17-25-29(32-27-14-19(3)13-20(4)28(27)30(25)33-23)22-15-21-10-8-9-11-24(21)26(16-22)31(5,6)7;1-7-14(5,8-2)12(16)11-13(17)15(6,9-3)10-4;/h8-11,13-14,16-18H,12H2,1-7H3;11,16H,7-10H2,1-6H3;/q-1;;/b;12-11-;/i12D2;;. The number of aryl methyl sites for hydroxylation is 2. The Kier molecular flexibility index (Phi) is 12.7. The van der Waals surface area contributed by atoms with Crippen molar-refractivity contribution in [3.05, 3.63) is 88.9 Å². The minimum atomic E-state index is -1.59. The summed E-state index contributed by atoms with van der Waals surface area (Å²) >= 11 is 0. The zero-order chi connectivity index (χ0) is 39.0. The number of aromatic nitrogens is 1. The van der Waals surface area contributed by atoms with Crippen molar-refractivity contribution in [3.8, 4) is 11.3 Å². The van der Waals surface area contributed by atoms with Crippen LogP contribution in [-0.4, -0.2) is 15.9 Å². The average Bonchev–Trinajstić information content (AvgIpc) is 3.55. The van der Waals surface area contributed by atoms with Crippen LogP contribution >= 0.6 is 0 Å². The van der Waals surface area contributed by atoms with E-state index in [4.69, 9.17) is 12.1 Å². The number of aliphatic hydroxyl groups is 1. The average molecular weight is 869 g/mol. The predicted molar refractivity (Wildman–Crippen MR) is 213 cm³/mol. The maximum atomic E-state index is 12.2. The minimum Gasteiger partial charge on any atom is -0.512 e. The molecule has 0 atom stereocenters. The van der Waals surface area contributed by atoms with Gasteiger partial charge in [0.05, 0.1) is 5.52 Å². The molecule has 5 aromatic rings. The first-order chi connectivity index (χ1) is 24.2. The maximum Gasteiger partial charge on any atom is 0.164 e. The topological polar surface area (TPSA) is 63.3 Å². The molecule has 5 rings (SSSR count). The van der Waals surface area contributed by atoms with E-state index >= 15 is 0 Å². The van der Waals surface area contributed by atoms with Gasteiger partial charge in [0.25, 0.3) is 0 Å². The van der Waals surface area contributed by atoms with E-state index < -0.39 is 6.37 Å². The van der Waals surface area contributed by atoms with Crippen LogP contribution in [0, 0.1) is 36.7 Å². The number of carbonyl (C=O) groups excluding carboxylic acids is 1. The monoisotopic (exact) mass is 869 g/mol. The summed E-state index contributed by atoms with van der Waals surface area (Å²) in [6.45, 7) is 26.7. The van der Waals surface area contributed by atoms with Crippen LogP contribution in [0.3, 0.4) is 0 Å². The van der Waals surface area contributed by atoms with Gasteiger partial charge >= 0.3 is 0 Å². The number of hydrogen-bond acceptors (Lipinski definition) is 4. The van der Waals surface area contributed by atoms with E-state index in [1.807, 2.05) is 67.5 Å². The van der Waals surface area contributed by atoms with Crippen LogP contribution in [0.15, 0.2) is 64.8 Å². The molecule has 2 heterocycles. The van der Waals surface area contributed by atoms with Gasteiger partial charge in [0, 0.05) is 62.6 Å². The molecule has 0 saturated heterocycles. The quantitative estimate of drug-likeness (QED) is 0.0863. The van der Waals surface area contributed by atoms with Gasteiger partial charge in [0.15, 0.2) is 5.78 Å². The van der Waals surface area contributed by atoms with E-state index in [-0.39, 0.29) is 53.8 Å². The fraction of sp³-hybridized carbons (Fsp3) is 0.478. The molecule has 0 bridgehead atoms. The van der Waals surface area contributed by atoms with Gasteiger partial charge in [0.2, 0.25) is 0 Å². The number of carbonyl (C=O) groups is 1. The molecular formula is C46H60IrNO3-. The Hall–Kier alpha value is -3.27. The van der Waals surface area contributed by atoms with E-state index in [1.54, 1.807) is 0 Å². The largest absolute Gasteiger partial charge is 0.512 e. The number of benzene rings is 3. The molecule has 277 valence electrons. The van der Waals surface area contributed by atoms with Crippen LogP contribution in [0.1, 0.15) is 127 Å². The van der Waals surface area contributed by atoms with Gasteiger partial charge < -0.3 is 9.52 Å². The molecular weight excluding hydrogens is 807 g/mol. The Labute approximate surface area is 323 Å². The Morgan fingerprint density at radius 2 is 1.53 bits per heavy atom. The summed E-state index contributed by atoms with van der Waals surface area (Å²) in [4.78, 5) is 17.3. The molecule has 5 heteroatoms.